The van der Waals surface area contributed by atoms with Crippen LogP contribution in [-0.2, 0) is 0 Å². The predicted molar refractivity (Wildman–Crippen MR) is 56.0 cm³/mol. The van der Waals surface area contributed by atoms with Crippen LogP contribution in [0.3, 0.4) is 0 Å². The van der Waals surface area contributed by atoms with Gasteiger partial charge in [-0.25, -0.2) is 4.39 Å². The summed E-state index contributed by atoms with van der Waals surface area (Å²) < 4.78 is 13.5. The van der Waals surface area contributed by atoms with Crippen LogP contribution in [0.15, 0.2) is 16.6 Å². The van der Waals surface area contributed by atoms with Crippen LogP contribution in [0.4, 0.5) is 4.39 Å². The van der Waals surface area contributed by atoms with Gasteiger partial charge in [-0.3, -0.25) is 0 Å². The minimum absolute atomic E-state index is 0.167. The summed E-state index contributed by atoms with van der Waals surface area (Å²) in [5.74, 6) is 0.0821. The van der Waals surface area contributed by atoms with E-state index in [1.165, 1.54) is 12.1 Å². The van der Waals surface area contributed by atoms with Gasteiger partial charge in [-0.15, -0.1) is 0 Å². The zero-order valence-corrected chi connectivity index (χ0v) is 9.14. The highest BCUT2D eigenvalue weighted by Gasteiger charge is 2.21. The second kappa shape index (κ2) is 3.87. The molecule has 1 saturated heterocycles. The largest absolute Gasteiger partial charge is 0.506 e. The Morgan fingerprint density at radius 2 is 2.29 bits per heavy atom. The summed E-state index contributed by atoms with van der Waals surface area (Å²) in [4.78, 5) is 0. The van der Waals surface area contributed by atoms with Gasteiger partial charge in [-0.1, -0.05) is 0 Å². The maximum absolute atomic E-state index is 13.1. The molecule has 2 nitrogen and oxygen atoms in total. The first kappa shape index (κ1) is 9.93. The van der Waals surface area contributed by atoms with E-state index in [4.69, 9.17) is 0 Å². The number of benzene rings is 1. The van der Waals surface area contributed by atoms with Crippen LogP contribution in [0, 0.1) is 5.82 Å². The number of aromatic hydroxyl groups is 1. The van der Waals surface area contributed by atoms with Crippen molar-refractivity contribution < 1.29 is 9.50 Å². The highest BCUT2D eigenvalue weighted by molar-refractivity contribution is 9.10. The lowest BCUT2D eigenvalue weighted by molar-refractivity contribution is 0.456. The minimum Gasteiger partial charge on any atom is -0.506 e. The van der Waals surface area contributed by atoms with Gasteiger partial charge in [-0.2, -0.15) is 0 Å². The molecule has 1 aliphatic heterocycles. The van der Waals surface area contributed by atoms with Crippen molar-refractivity contribution in [2.45, 2.75) is 12.3 Å². The molecule has 2 N–H and O–H groups in total. The molecule has 0 radical (unpaired) electrons. The van der Waals surface area contributed by atoms with Gasteiger partial charge in [0, 0.05) is 18.0 Å². The monoisotopic (exact) mass is 259 g/mol. The van der Waals surface area contributed by atoms with Gasteiger partial charge in [-0.05, 0) is 41.0 Å². The molecule has 1 unspecified atom stereocenters. The van der Waals surface area contributed by atoms with Gasteiger partial charge in [0.1, 0.15) is 11.6 Å². The smallest absolute Gasteiger partial charge is 0.133 e. The zero-order chi connectivity index (χ0) is 10.1. The van der Waals surface area contributed by atoms with Crippen molar-refractivity contribution >= 4 is 15.9 Å². The maximum atomic E-state index is 13.1. The first-order chi connectivity index (χ1) is 6.68. The van der Waals surface area contributed by atoms with Crippen molar-refractivity contribution in [3.63, 3.8) is 0 Å². The highest BCUT2D eigenvalue weighted by Crippen LogP contribution is 2.36. The molecule has 2 rings (SSSR count). The average molecular weight is 260 g/mol. The van der Waals surface area contributed by atoms with Crippen molar-refractivity contribution in [3.8, 4) is 5.75 Å². The molecule has 0 amide bonds. The van der Waals surface area contributed by atoms with Gasteiger partial charge in [0.2, 0.25) is 0 Å². The number of hydrogen-bond acceptors (Lipinski definition) is 2. The number of phenols is 1. The molecule has 1 fully saturated rings. The Labute approximate surface area is 90.3 Å². The minimum atomic E-state index is -0.309. The van der Waals surface area contributed by atoms with Crippen LogP contribution in [0.2, 0.25) is 0 Å². The normalized spacial score (nSPS) is 21.4. The summed E-state index contributed by atoms with van der Waals surface area (Å²) in [6.45, 7) is 1.74. The van der Waals surface area contributed by atoms with Gasteiger partial charge in [0.05, 0.1) is 4.47 Å². The quantitative estimate of drug-likeness (QED) is 0.812. The van der Waals surface area contributed by atoms with E-state index in [9.17, 15) is 9.50 Å². The first-order valence-electron chi connectivity index (χ1n) is 4.57. The SMILES string of the molecule is Oc1c(Br)cc(F)cc1C1CCNC1. The predicted octanol–water partition coefficient (Wildman–Crippen LogP) is 2.37. The van der Waals surface area contributed by atoms with Crippen LogP contribution in [0.5, 0.6) is 5.75 Å². The Balaban J connectivity index is 2.40. The fourth-order valence-corrected chi connectivity index (χ4v) is 2.26. The van der Waals surface area contributed by atoms with E-state index in [0.717, 1.165) is 19.5 Å². The van der Waals surface area contributed by atoms with Gasteiger partial charge in [0.25, 0.3) is 0 Å². The third kappa shape index (κ3) is 1.77. The lowest BCUT2D eigenvalue weighted by atomic mass is 9.97. The summed E-state index contributed by atoms with van der Waals surface area (Å²) in [5.41, 5.74) is 0.696. The number of halogens is 2. The fraction of sp³-hybridized carbons (Fsp3) is 0.400. The van der Waals surface area contributed by atoms with E-state index in [1.807, 2.05) is 0 Å². The van der Waals surface area contributed by atoms with E-state index < -0.39 is 0 Å². The molecule has 14 heavy (non-hydrogen) atoms. The number of phenolic OH excluding ortho intramolecular Hbond substituents is 1. The van der Waals surface area contributed by atoms with Crippen molar-refractivity contribution in [2.24, 2.45) is 0 Å². The summed E-state index contributed by atoms with van der Waals surface area (Å²) in [7, 11) is 0. The lowest BCUT2D eigenvalue weighted by Gasteiger charge is -2.12. The molecule has 0 aromatic heterocycles. The van der Waals surface area contributed by atoms with Crippen LogP contribution in [0.25, 0.3) is 0 Å². The first-order valence-corrected chi connectivity index (χ1v) is 5.36. The Hall–Kier alpha value is -0.610. The molecule has 1 heterocycles. The average Bonchev–Trinajstić information content (AvgIpc) is 2.63. The molecule has 0 spiro atoms. The van der Waals surface area contributed by atoms with Crippen LogP contribution in [-0.4, -0.2) is 18.2 Å². The van der Waals surface area contributed by atoms with E-state index in [-0.39, 0.29) is 17.5 Å². The van der Waals surface area contributed by atoms with Crippen molar-refractivity contribution in [1.29, 1.82) is 0 Å². The van der Waals surface area contributed by atoms with E-state index in [1.54, 1.807) is 0 Å². The molecule has 4 heteroatoms. The number of rotatable bonds is 1. The van der Waals surface area contributed by atoms with Gasteiger partial charge < -0.3 is 10.4 Å². The zero-order valence-electron chi connectivity index (χ0n) is 7.56. The molecule has 0 saturated carbocycles. The van der Waals surface area contributed by atoms with Gasteiger partial charge in [0.15, 0.2) is 0 Å². The van der Waals surface area contributed by atoms with Gasteiger partial charge >= 0.3 is 0 Å². The summed E-state index contributed by atoms with van der Waals surface area (Å²) in [6.07, 6.45) is 0.948. The highest BCUT2D eigenvalue weighted by atomic mass is 79.9. The summed E-state index contributed by atoms with van der Waals surface area (Å²) in [5, 5.41) is 12.9. The van der Waals surface area contributed by atoms with Crippen LogP contribution < -0.4 is 5.32 Å². The lowest BCUT2D eigenvalue weighted by Crippen LogP contribution is -2.08. The van der Waals surface area contributed by atoms with Crippen molar-refractivity contribution in [3.05, 3.63) is 28.0 Å². The molecule has 0 aliphatic carbocycles. The Morgan fingerprint density at radius 3 is 2.93 bits per heavy atom. The Morgan fingerprint density at radius 1 is 1.50 bits per heavy atom. The topological polar surface area (TPSA) is 32.3 Å². The van der Waals surface area contributed by atoms with Crippen LogP contribution >= 0.6 is 15.9 Å². The molecule has 76 valence electrons. The second-order valence-corrected chi connectivity index (χ2v) is 4.37. The number of hydrogen-bond donors (Lipinski definition) is 2. The third-order valence-electron chi connectivity index (χ3n) is 2.56. The standard InChI is InChI=1S/C10H11BrFNO/c11-9-4-7(12)3-8(10(9)14)6-1-2-13-5-6/h3-4,6,13-14H,1-2,5H2. The molecule has 1 aromatic rings. The Kier molecular flexibility index (Phi) is 2.74. The van der Waals surface area contributed by atoms with Crippen LogP contribution in [0.1, 0.15) is 17.9 Å². The summed E-state index contributed by atoms with van der Waals surface area (Å²) in [6, 6.07) is 2.69. The molecule has 0 bridgehead atoms. The molecule has 1 aromatic carbocycles. The Bertz CT molecular complexity index is 350. The van der Waals surface area contributed by atoms with E-state index in [2.05, 4.69) is 21.2 Å². The third-order valence-corrected chi connectivity index (χ3v) is 3.16. The van der Waals surface area contributed by atoms with Crippen molar-refractivity contribution in [1.82, 2.24) is 5.32 Å². The van der Waals surface area contributed by atoms with E-state index >= 15 is 0 Å². The summed E-state index contributed by atoms with van der Waals surface area (Å²) >= 11 is 3.13. The molecule has 1 atom stereocenters. The molecular formula is C10H11BrFNO. The van der Waals surface area contributed by atoms with Crippen molar-refractivity contribution in [2.75, 3.05) is 13.1 Å². The number of nitrogens with one attached hydrogen (secondary N) is 1. The fourth-order valence-electron chi connectivity index (χ4n) is 1.82. The molecule has 1 aliphatic rings. The maximum Gasteiger partial charge on any atom is 0.133 e. The van der Waals surface area contributed by atoms with E-state index in [0.29, 0.717) is 10.0 Å². The second-order valence-electron chi connectivity index (χ2n) is 3.52. The molecular weight excluding hydrogens is 249 g/mol.